The number of ether oxygens (including phenoxy) is 1. The van der Waals surface area contributed by atoms with Crippen molar-refractivity contribution in [2.45, 2.75) is 13.8 Å². The van der Waals surface area contributed by atoms with E-state index < -0.39 is 0 Å². The monoisotopic (exact) mass is 259 g/mol. The lowest BCUT2D eigenvalue weighted by atomic mass is 10.2. The van der Waals surface area contributed by atoms with Gasteiger partial charge in [0, 0.05) is 24.5 Å². The first-order valence-corrected chi connectivity index (χ1v) is 6.78. The molecule has 0 saturated carbocycles. The van der Waals surface area contributed by atoms with Gasteiger partial charge in [-0.25, -0.2) is 4.98 Å². The Morgan fingerprint density at radius 3 is 2.47 bits per heavy atom. The average Bonchev–Trinajstić information content (AvgIpc) is 2.98. The number of benzene rings is 1. The highest BCUT2D eigenvalue weighted by atomic mass is 16.5. The molecule has 0 aliphatic rings. The predicted octanol–water partition coefficient (Wildman–Crippen LogP) is 2.80. The molecular formula is C15H21N3O. The van der Waals surface area contributed by atoms with E-state index in [1.807, 2.05) is 30.5 Å². The Labute approximate surface area is 114 Å². The fourth-order valence-electron chi connectivity index (χ4n) is 1.96. The summed E-state index contributed by atoms with van der Waals surface area (Å²) in [4.78, 5) is 9.65. The molecule has 4 nitrogen and oxygen atoms in total. The molecule has 2 aromatic rings. The number of aromatic nitrogens is 2. The van der Waals surface area contributed by atoms with Gasteiger partial charge in [0.15, 0.2) is 0 Å². The highest BCUT2D eigenvalue weighted by molar-refractivity contribution is 5.55. The minimum atomic E-state index is 0.724. The van der Waals surface area contributed by atoms with E-state index in [9.17, 15) is 0 Å². The molecule has 0 radical (unpaired) electrons. The van der Waals surface area contributed by atoms with Crippen molar-refractivity contribution in [3.8, 4) is 17.1 Å². The lowest BCUT2D eigenvalue weighted by molar-refractivity contribution is 0.223. The van der Waals surface area contributed by atoms with Crippen LogP contribution in [0.25, 0.3) is 11.4 Å². The Bertz CT molecular complexity index is 461. The quantitative estimate of drug-likeness (QED) is 0.831. The number of hydrogen-bond acceptors (Lipinski definition) is 3. The summed E-state index contributed by atoms with van der Waals surface area (Å²) in [5.41, 5.74) is 1.07. The van der Waals surface area contributed by atoms with Gasteiger partial charge in [0.2, 0.25) is 0 Å². The lowest BCUT2D eigenvalue weighted by Gasteiger charge is -2.18. The zero-order chi connectivity index (χ0) is 13.5. The molecule has 19 heavy (non-hydrogen) atoms. The standard InChI is InChI=1S/C15H21N3O/c1-3-18(4-2)11-12-19-14-7-5-13(6-8-14)15-16-9-10-17-15/h5-10H,3-4,11-12H2,1-2H3,(H,16,17). The van der Waals surface area contributed by atoms with Crippen LogP contribution in [0.3, 0.4) is 0 Å². The number of H-pyrrole nitrogens is 1. The Balaban J connectivity index is 1.85. The third-order valence-electron chi connectivity index (χ3n) is 3.20. The van der Waals surface area contributed by atoms with Gasteiger partial charge in [-0.2, -0.15) is 0 Å². The molecule has 0 aliphatic carbocycles. The maximum absolute atomic E-state index is 5.74. The summed E-state index contributed by atoms with van der Waals surface area (Å²) in [5.74, 6) is 1.79. The number of aromatic amines is 1. The smallest absolute Gasteiger partial charge is 0.137 e. The van der Waals surface area contributed by atoms with Gasteiger partial charge >= 0.3 is 0 Å². The van der Waals surface area contributed by atoms with Crippen LogP contribution < -0.4 is 4.74 Å². The van der Waals surface area contributed by atoms with E-state index in [0.29, 0.717) is 0 Å². The molecule has 0 amide bonds. The summed E-state index contributed by atoms with van der Waals surface area (Å²) in [6, 6.07) is 8.01. The summed E-state index contributed by atoms with van der Waals surface area (Å²) in [6.45, 7) is 8.16. The molecule has 4 heteroatoms. The van der Waals surface area contributed by atoms with Gasteiger partial charge in [-0.05, 0) is 37.4 Å². The van der Waals surface area contributed by atoms with E-state index in [0.717, 1.165) is 43.4 Å². The van der Waals surface area contributed by atoms with E-state index in [1.165, 1.54) is 0 Å². The first kappa shape index (κ1) is 13.6. The number of nitrogens with zero attached hydrogens (tertiary/aromatic N) is 2. The maximum Gasteiger partial charge on any atom is 0.137 e. The fourth-order valence-corrected chi connectivity index (χ4v) is 1.96. The first-order valence-electron chi connectivity index (χ1n) is 6.78. The molecule has 0 fully saturated rings. The molecule has 0 atom stereocenters. The molecule has 2 rings (SSSR count). The van der Waals surface area contributed by atoms with Crippen molar-refractivity contribution in [2.75, 3.05) is 26.2 Å². The normalized spacial score (nSPS) is 10.9. The molecule has 0 unspecified atom stereocenters. The van der Waals surface area contributed by atoms with Crippen molar-refractivity contribution in [1.29, 1.82) is 0 Å². The molecule has 0 bridgehead atoms. The zero-order valence-electron chi connectivity index (χ0n) is 11.6. The van der Waals surface area contributed by atoms with Crippen LogP contribution in [0.1, 0.15) is 13.8 Å². The SMILES string of the molecule is CCN(CC)CCOc1ccc(-c2ncc[nH]2)cc1. The van der Waals surface area contributed by atoms with Gasteiger partial charge in [0.05, 0.1) is 0 Å². The minimum absolute atomic E-state index is 0.724. The van der Waals surface area contributed by atoms with Crippen LogP contribution in [0.2, 0.25) is 0 Å². The van der Waals surface area contributed by atoms with Crippen LogP contribution in [-0.4, -0.2) is 41.1 Å². The third-order valence-corrected chi connectivity index (χ3v) is 3.20. The second-order valence-electron chi connectivity index (χ2n) is 4.34. The average molecular weight is 259 g/mol. The predicted molar refractivity (Wildman–Crippen MR) is 77.3 cm³/mol. The Kier molecular flexibility index (Phi) is 4.98. The third kappa shape index (κ3) is 3.83. The molecule has 0 saturated heterocycles. The summed E-state index contributed by atoms with van der Waals surface area (Å²) >= 11 is 0. The Morgan fingerprint density at radius 1 is 1.16 bits per heavy atom. The topological polar surface area (TPSA) is 41.1 Å². The van der Waals surface area contributed by atoms with Crippen LogP contribution in [0.15, 0.2) is 36.7 Å². The molecular weight excluding hydrogens is 238 g/mol. The van der Waals surface area contributed by atoms with Crippen molar-refractivity contribution in [3.63, 3.8) is 0 Å². The molecule has 1 aromatic heterocycles. The van der Waals surface area contributed by atoms with Gasteiger partial charge in [0.25, 0.3) is 0 Å². The summed E-state index contributed by atoms with van der Waals surface area (Å²) in [7, 11) is 0. The van der Waals surface area contributed by atoms with E-state index in [-0.39, 0.29) is 0 Å². The molecule has 1 N–H and O–H groups in total. The number of imidazole rings is 1. The second-order valence-corrected chi connectivity index (χ2v) is 4.34. The summed E-state index contributed by atoms with van der Waals surface area (Å²) in [5, 5.41) is 0. The van der Waals surface area contributed by atoms with Crippen molar-refractivity contribution in [1.82, 2.24) is 14.9 Å². The molecule has 102 valence electrons. The summed E-state index contributed by atoms with van der Waals surface area (Å²) in [6.07, 6.45) is 3.58. The number of rotatable bonds is 7. The van der Waals surface area contributed by atoms with Crippen LogP contribution >= 0.6 is 0 Å². The fraction of sp³-hybridized carbons (Fsp3) is 0.400. The number of likely N-dealkylation sites (N-methyl/N-ethyl adjacent to an activating group) is 1. The van der Waals surface area contributed by atoms with E-state index >= 15 is 0 Å². The van der Waals surface area contributed by atoms with Crippen molar-refractivity contribution in [3.05, 3.63) is 36.7 Å². The molecule has 0 aliphatic heterocycles. The molecule has 0 spiro atoms. The Morgan fingerprint density at radius 2 is 1.89 bits per heavy atom. The van der Waals surface area contributed by atoms with Gasteiger partial charge < -0.3 is 14.6 Å². The van der Waals surface area contributed by atoms with Crippen molar-refractivity contribution in [2.24, 2.45) is 0 Å². The van der Waals surface area contributed by atoms with Gasteiger partial charge in [0.1, 0.15) is 18.2 Å². The van der Waals surface area contributed by atoms with E-state index in [4.69, 9.17) is 4.74 Å². The maximum atomic E-state index is 5.74. The minimum Gasteiger partial charge on any atom is -0.492 e. The van der Waals surface area contributed by atoms with Crippen LogP contribution in [0, 0.1) is 0 Å². The van der Waals surface area contributed by atoms with Gasteiger partial charge in [-0.15, -0.1) is 0 Å². The van der Waals surface area contributed by atoms with Crippen LogP contribution in [0.4, 0.5) is 0 Å². The van der Waals surface area contributed by atoms with Crippen molar-refractivity contribution < 1.29 is 4.74 Å². The highest BCUT2D eigenvalue weighted by Crippen LogP contribution is 2.18. The number of hydrogen-bond donors (Lipinski definition) is 1. The second kappa shape index (κ2) is 6.95. The van der Waals surface area contributed by atoms with Crippen LogP contribution in [-0.2, 0) is 0 Å². The van der Waals surface area contributed by atoms with E-state index in [2.05, 4.69) is 28.7 Å². The Hall–Kier alpha value is -1.81. The number of nitrogens with one attached hydrogen (secondary N) is 1. The van der Waals surface area contributed by atoms with Crippen LogP contribution in [0.5, 0.6) is 5.75 Å². The molecule has 1 heterocycles. The van der Waals surface area contributed by atoms with Gasteiger partial charge in [-0.1, -0.05) is 13.8 Å². The first-order chi connectivity index (χ1) is 9.33. The lowest BCUT2D eigenvalue weighted by Crippen LogP contribution is -2.27. The van der Waals surface area contributed by atoms with Crippen molar-refractivity contribution >= 4 is 0 Å². The van der Waals surface area contributed by atoms with Gasteiger partial charge in [-0.3, -0.25) is 0 Å². The zero-order valence-corrected chi connectivity index (χ0v) is 11.6. The summed E-state index contributed by atoms with van der Waals surface area (Å²) < 4.78 is 5.74. The largest absolute Gasteiger partial charge is 0.492 e. The highest BCUT2D eigenvalue weighted by Gasteiger charge is 2.02. The molecule has 1 aromatic carbocycles. The van der Waals surface area contributed by atoms with E-state index in [1.54, 1.807) is 6.20 Å².